The molecule has 0 spiro atoms. The van der Waals surface area contributed by atoms with Crippen molar-refractivity contribution < 1.29 is 14.6 Å². The predicted molar refractivity (Wildman–Crippen MR) is 53.0 cm³/mol. The Bertz CT molecular complexity index is 367. The smallest absolute Gasteiger partial charge is 0.356 e. The van der Waals surface area contributed by atoms with Crippen LogP contribution in [0.4, 0.5) is 0 Å². The van der Waals surface area contributed by atoms with Crippen LogP contribution in [0.1, 0.15) is 34.8 Å². The zero-order valence-electron chi connectivity index (χ0n) is 8.64. The van der Waals surface area contributed by atoms with Gasteiger partial charge in [0.1, 0.15) is 0 Å². The highest BCUT2D eigenvalue weighted by Gasteiger charge is 2.24. The molecule has 1 N–H and O–H groups in total. The van der Waals surface area contributed by atoms with E-state index in [9.17, 15) is 4.79 Å². The van der Waals surface area contributed by atoms with Gasteiger partial charge in [0.25, 0.3) is 0 Å². The van der Waals surface area contributed by atoms with Crippen molar-refractivity contribution in [2.45, 2.75) is 18.8 Å². The summed E-state index contributed by atoms with van der Waals surface area (Å²) >= 11 is 0. The third-order valence-corrected chi connectivity index (χ3v) is 2.72. The molecule has 0 aromatic carbocycles. The number of hydrogen-bond acceptors (Lipinski definition) is 3. The summed E-state index contributed by atoms with van der Waals surface area (Å²) < 4.78 is 6.82. The Morgan fingerprint density at radius 1 is 1.60 bits per heavy atom. The highest BCUT2D eigenvalue weighted by Crippen LogP contribution is 2.28. The summed E-state index contributed by atoms with van der Waals surface area (Å²) in [7, 11) is 1.75. The van der Waals surface area contributed by atoms with Gasteiger partial charge in [-0.3, -0.25) is 4.68 Å². The van der Waals surface area contributed by atoms with Gasteiger partial charge in [-0.15, -0.1) is 0 Å². The molecular formula is C10H14N2O3. The van der Waals surface area contributed by atoms with Crippen LogP contribution in [-0.2, 0) is 11.8 Å². The number of rotatable bonds is 2. The lowest BCUT2D eigenvalue weighted by Crippen LogP contribution is -2.16. The molecule has 1 aromatic rings. The van der Waals surface area contributed by atoms with Crippen molar-refractivity contribution >= 4 is 5.97 Å². The first-order chi connectivity index (χ1) is 7.18. The predicted octanol–water partition coefficient (Wildman–Crippen LogP) is 1.01. The third kappa shape index (κ3) is 2.02. The maximum atomic E-state index is 11.0. The van der Waals surface area contributed by atoms with E-state index in [1.54, 1.807) is 17.9 Å². The van der Waals surface area contributed by atoms with E-state index >= 15 is 0 Å². The molecule has 1 aliphatic rings. The largest absolute Gasteiger partial charge is 0.476 e. The summed E-state index contributed by atoms with van der Waals surface area (Å²) in [5.41, 5.74) is 1.03. The summed E-state index contributed by atoms with van der Waals surface area (Å²) in [4.78, 5) is 11.0. The first-order valence-electron chi connectivity index (χ1n) is 5.03. The molecule has 5 heteroatoms. The summed E-state index contributed by atoms with van der Waals surface area (Å²) in [6.07, 6.45) is 3.57. The molecule has 15 heavy (non-hydrogen) atoms. The summed E-state index contributed by atoms with van der Waals surface area (Å²) in [6.45, 7) is 1.41. The molecule has 5 nitrogen and oxygen atoms in total. The number of aromatic carboxylic acids is 1. The summed E-state index contributed by atoms with van der Waals surface area (Å²) in [6, 6.07) is 0. The number of aryl methyl sites for hydroxylation is 1. The van der Waals surface area contributed by atoms with Crippen molar-refractivity contribution in [2.24, 2.45) is 7.05 Å². The number of hydrogen-bond donors (Lipinski definition) is 1. The van der Waals surface area contributed by atoms with Gasteiger partial charge in [0.05, 0.1) is 0 Å². The fraction of sp³-hybridized carbons (Fsp3) is 0.600. The molecule has 0 atom stereocenters. The van der Waals surface area contributed by atoms with Crippen LogP contribution in [0.2, 0.25) is 0 Å². The summed E-state index contributed by atoms with van der Waals surface area (Å²) in [5.74, 6) is -0.671. The van der Waals surface area contributed by atoms with E-state index < -0.39 is 5.97 Å². The van der Waals surface area contributed by atoms with Crippen LogP contribution in [0.15, 0.2) is 6.20 Å². The molecule has 1 saturated heterocycles. The molecular weight excluding hydrogens is 196 g/mol. The van der Waals surface area contributed by atoms with Crippen LogP contribution in [0.5, 0.6) is 0 Å². The van der Waals surface area contributed by atoms with E-state index in [0.717, 1.165) is 18.4 Å². The van der Waals surface area contributed by atoms with Gasteiger partial charge in [0.2, 0.25) is 0 Å². The fourth-order valence-corrected chi connectivity index (χ4v) is 1.98. The maximum Gasteiger partial charge on any atom is 0.356 e. The molecule has 1 aromatic heterocycles. The molecule has 0 radical (unpaired) electrons. The van der Waals surface area contributed by atoms with Crippen molar-refractivity contribution in [3.05, 3.63) is 17.5 Å². The number of carbonyl (C=O) groups is 1. The fourth-order valence-electron chi connectivity index (χ4n) is 1.98. The van der Waals surface area contributed by atoms with E-state index in [1.807, 2.05) is 0 Å². The molecule has 0 amide bonds. The Morgan fingerprint density at radius 2 is 2.27 bits per heavy atom. The zero-order valence-corrected chi connectivity index (χ0v) is 8.64. The number of aromatic nitrogens is 2. The molecule has 82 valence electrons. The lowest BCUT2D eigenvalue weighted by Gasteiger charge is -2.21. The van der Waals surface area contributed by atoms with Crippen LogP contribution in [0.3, 0.4) is 0 Å². The quantitative estimate of drug-likeness (QED) is 0.791. The minimum absolute atomic E-state index is 0.185. The minimum atomic E-state index is -0.947. The van der Waals surface area contributed by atoms with Crippen molar-refractivity contribution in [3.8, 4) is 0 Å². The Labute approximate surface area is 87.7 Å². The lowest BCUT2D eigenvalue weighted by molar-refractivity contribution is 0.0678. The second-order valence-electron chi connectivity index (χ2n) is 3.80. The summed E-state index contributed by atoms with van der Waals surface area (Å²) in [5, 5.41) is 13.0. The first-order valence-corrected chi connectivity index (χ1v) is 5.03. The molecule has 2 rings (SSSR count). The molecule has 0 bridgehead atoms. The topological polar surface area (TPSA) is 64.3 Å². The second-order valence-corrected chi connectivity index (χ2v) is 3.80. The van der Waals surface area contributed by atoms with Gasteiger partial charge in [-0.25, -0.2) is 4.79 Å². The van der Waals surface area contributed by atoms with E-state index in [4.69, 9.17) is 9.84 Å². The van der Waals surface area contributed by atoms with Gasteiger partial charge in [0.15, 0.2) is 5.69 Å². The van der Waals surface area contributed by atoms with Gasteiger partial charge < -0.3 is 9.84 Å². The van der Waals surface area contributed by atoms with E-state index in [-0.39, 0.29) is 11.6 Å². The molecule has 1 fully saturated rings. The average molecular weight is 210 g/mol. The van der Waals surface area contributed by atoms with Gasteiger partial charge in [-0.2, -0.15) is 5.10 Å². The number of ether oxygens (including phenoxy) is 1. The van der Waals surface area contributed by atoms with Gasteiger partial charge in [-0.05, 0) is 18.8 Å². The normalized spacial score (nSPS) is 17.9. The van der Waals surface area contributed by atoms with Crippen molar-refractivity contribution in [2.75, 3.05) is 13.2 Å². The highest BCUT2D eigenvalue weighted by molar-refractivity contribution is 5.87. The van der Waals surface area contributed by atoms with Crippen LogP contribution >= 0.6 is 0 Å². The first kappa shape index (κ1) is 10.2. The Hall–Kier alpha value is -1.36. The number of carboxylic acids is 1. The Kier molecular flexibility index (Phi) is 2.73. The van der Waals surface area contributed by atoms with E-state index in [0.29, 0.717) is 13.2 Å². The number of nitrogens with zero attached hydrogens (tertiary/aromatic N) is 2. The van der Waals surface area contributed by atoms with Crippen LogP contribution < -0.4 is 0 Å². The number of carboxylic acid groups (broad SMARTS) is 1. The molecule has 2 heterocycles. The minimum Gasteiger partial charge on any atom is -0.476 e. The molecule has 0 aliphatic carbocycles. The van der Waals surface area contributed by atoms with Crippen molar-refractivity contribution in [3.63, 3.8) is 0 Å². The molecule has 0 saturated carbocycles. The van der Waals surface area contributed by atoms with Crippen molar-refractivity contribution in [1.29, 1.82) is 0 Å². The van der Waals surface area contributed by atoms with E-state index in [1.165, 1.54) is 0 Å². The maximum absolute atomic E-state index is 11.0. The van der Waals surface area contributed by atoms with Crippen molar-refractivity contribution in [1.82, 2.24) is 9.78 Å². The molecule has 1 aliphatic heterocycles. The molecule has 0 unspecified atom stereocenters. The average Bonchev–Trinajstić information content (AvgIpc) is 2.62. The second kappa shape index (κ2) is 4.02. The Morgan fingerprint density at radius 3 is 2.87 bits per heavy atom. The Balaban J connectivity index is 2.28. The third-order valence-electron chi connectivity index (χ3n) is 2.72. The van der Waals surface area contributed by atoms with E-state index in [2.05, 4.69) is 5.10 Å². The lowest BCUT2D eigenvalue weighted by atomic mass is 9.92. The standard InChI is InChI=1S/C10H14N2O3/c1-12-6-8(9(11-12)10(13)14)7-2-4-15-5-3-7/h6-7H,2-5H2,1H3,(H,13,14). The highest BCUT2D eigenvalue weighted by atomic mass is 16.5. The zero-order chi connectivity index (χ0) is 10.8. The van der Waals surface area contributed by atoms with Crippen LogP contribution in [-0.4, -0.2) is 34.1 Å². The van der Waals surface area contributed by atoms with Crippen LogP contribution in [0, 0.1) is 0 Å². The van der Waals surface area contributed by atoms with Crippen LogP contribution in [0.25, 0.3) is 0 Å². The monoisotopic (exact) mass is 210 g/mol. The SMILES string of the molecule is Cn1cc(C2CCOCC2)c(C(=O)O)n1. The van der Waals surface area contributed by atoms with Gasteiger partial charge in [-0.1, -0.05) is 0 Å². The van der Waals surface area contributed by atoms with Gasteiger partial charge in [0, 0.05) is 32.0 Å². The van der Waals surface area contributed by atoms with Gasteiger partial charge >= 0.3 is 5.97 Å².